The number of nitrogens with one attached hydrogen (secondary N) is 1. The normalized spacial score (nSPS) is 16.1. The predicted molar refractivity (Wildman–Crippen MR) is 118 cm³/mol. The van der Waals surface area contributed by atoms with Gasteiger partial charge in [0.25, 0.3) is 0 Å². The number of halogens is 2. The summed E-state index contributed by atoms with van der Waals surface area (Å²) in [5, 5.41) is 3.39. The maximum atomic E-state index is 6.40. The molecule has 0 radical (unpaired) electrons. The molecule has 0 bridgehead atoms. The van der Waals surface area contributed by atoms with Gasteiger partial charge in [0, 0.05) is 23.6 Å². The lowest BCUT2D eigenvalue weighted by atomic mass is 10.0. The lowest BCUT2D eigenvalue weighted by molar-refractivity contribution is 0.139. The second-order valence-corrected chi connectivity index (χ2v) is 7.67. The zero-order valence-corrected chi connectivity index (χ0v) is 17.3. The molecular formula is C23H21Cl2N3O. The number of benzene rings is 2. The molecule has 2 heterocycles. The molecule has 0 saturated heterocycles. The number of hydrazine groups is 1. The number of hydrogen-bond donors (Lipinski definition) is 1. The second-order valence-electron chi connectivity index (χ2n) is 6.85. The Morgan fingerprint density at radius 1 is 0.897 bits per heavy atom. The molecule has 1 aromatic heterocycles. The Kier molecular flexibility index (Phi) is 6.47. The van der Waals surface area contributed by atoms with Crippen molar-refractivity contribution in [2.24, 2.45) is 0 Å². The van der Waals surface area contributed by atoms with Gasteiger partial charge in [-0.3, -0.25) is 9.99 Å². The van der Waals surface area contributed by atoms with Crippen molar-refractivity contribution in [1.29, 1.82) is 0 Å². The molecule has 1 aliphatic heterocycles. The third-order valence-electron chi connectivity index (χ3n) is 4.82. The fourth-order valence-corrected chi connectivity index (χ4v) is 3.71. The summed E-state index contributed by atoms with van der Waals surface area (Å²) in [6.45, 7) is 0.958. The van der Waals surface area contributed by atoms with E-state index in [2.05, 4.69) is 16.6 Å². The first-order chi connectivity index (χ1) is 14.2. The second kappa shape index (κ2) is 9.42. The van der Waals surface area contributed by atoms with E-state index in [0.717, 1.165) is 28.3 Å². The van der Waals surface area contributed by atoms with Gasteiger partial charge < -0.3 is 4.74 Å². The average molecular weight is 426 g/mol. The zero-order chi connectivity index (χ0) is 20.1. The molecule has 1 atom stereocenters. The molecule has 1 aliphatic rings. The van der Waals surface area contributed by atoms with Crippen LogP contribution in [-0.4, -0.2) is 17.6 Å². The van der Waals surface area contributed by atoms with Crippen LogP contribution < -0.4 is 10.4 Å². The molecule has 2 aromatic carbocycles. The molecule has 1 N–H and O–H groups in total. The Hall–Kier alpha value is -2.37. The third kappa shape index (κ3) is 4.98. The van der Waals surface area contributed by atoms with E-state index in [1.54, 1.807) is 0 Å². The van der Waals surface area contributed by atoms with Crippen LogP contribution >= 0.6 is 23.2 Å². The van der Waals surface area contributed by atoms with E-state index < -0.39 is 0 Å². The summed E-state index contributed by atoms with van der Waals surface area (Å²) >= 11 is 12.6. The zero-order valence-electron chi connectivity index (χ0n) is 15.8. The average Bonchev–Trinajstić information content (AvgIpc) is 3.13. The van der Waals surface area contributed by atoms with Gasteiger partial charge in [0.2, 0.25) is 0 Å². The monoisotopic (exact) mass is 425 g/mol. The van der Waals surface area contributed by atoms with Gasteiger partial charge in [0.1, 0.15) is 0 Å². The molecule has 6 heteroatoms. The van der Waals surface area contributed by atoms with E-state index in [1.165, 1.54) is 5.56 Å². The maximum Gasteiger partial charge on any atom is 0.0757 e. The highest BCUT2D eigenvalue weighted by atomic mass is 35.5. The third-order valence-corrected chi connectivity index (χ3v) is 5.51. The van der Waals surface area contributed by atoms with Gasteiger partial charge in [-0.1, -0.05) is 53.5 Å². The largest absolute Gasteiger partial charge is 0.372 e. The number of rotatable bonds is 7. The smallest absolute Gasteiger partial charge is 0.0757 e. The summed E-state index contributed by atoms with van der Waals surface area (Å²) in [6, 6.07) is 19.7. The topological polar surface area (TPSA) is 37.4 Å². The van der Waals surface area contributed by atoms with E-state index in [-0.39, 0.29) is 6.04 Å². The van der Waals surface area contributed by atoms with Crippen LogP contribution in [0.25, 0.3) is 0 Å². The predicted octanol–water partition coefficient (Wildman–Crippen LogP) is 5.43. The molecule has 0 aliphatic carbocycles. The molecule has 4 nitrogen and oxygen atoms in total. The fourth-order valence-electron chi connectivity index (χ4n) is 3.29. The van der Waals surface area contributed by atoms with E-state index in [1.807, 2.05) is 78.1 Å². The van der Waals surface area contributed by atoms with E-state index in [4.69, 9.17) is 27.9 Å². The van der Waals surface area contributed by atoms with Crippen molar-refractivity contribution >= 4 is 28.9 Å². The minimum atomic E-state index is 0.0971. The van der Waals surface area contributed by atoms with Crippen LogP contribution in [0.4, 0.5) is 5.69 Å². The molecule has 3 aromatic rings. The molecule has 0 saturated carbocycles. The summed E-state index contributed by atoms with van der Waals surface area (Å²) in [4.78, 5) is 4.10. The Morgan fingerprint density at radius 3 is 2.38 bits per heavy atom. The Labute approximate surface area is 180 Å². The summed E-state index contributed by atoms with van der Waals surface area (Å²) in [6.07, 6.45) is 6.52. The first-order valence-electron chi connectivity index (χ1n) is 9.41. The molecule has 0 amide bonds. The SMILES string of the molecule is Clc1ccccc1COCC1=CN(c2ccccc2Cl)NC1Cc1ccncc1. The van der Waals surface area contributed by atoms with Crippen molar-refractivity contribution in [2.75, 3.05) is 11.6 Å². The standard InChI is InChI=1S/C23H21Cl2N3O/c24-20-6-2-1-5-18(20)15-29-16-19-14-28(23-8-4-3-7-21(23)25)27-22(19)13-17-9-11-26-12-10-17/h1-12,14,22,27H,13,15-16H2. The Morgan fingerprint density at radius 2 is 1.62 bits per heavy atom. The summed E-state index contributed by atoms with van der Waals surface area (Å²) in [7, 11) is 0. The van der Waals surface area contributed by atoms with E-state index >= 15 is 0 Å². The van der Waals surface area contributed by atoms with Crippen LogP contribution in [0.1, 0.15) is 11.1 Å². The molecule has 1 unspecified atom stereocenters. The number of pyridine rings is 1. The number of nitrogens with zero attached hydrogens (tertiary/aromatic N) is 2. The van der Waals surface area contributed by atoms with Gasteiger partial charge in [0.05, 0.1) is 30.0 Å². The number of aromatic nitrogens is 1. The van der Waals surface area contributed by atoms with Crippen molar-refractivity contribution in [3.8, 4) is 0 Å². The van der Waals surface area contributed by atoms with Gasteiger partial charge >= 0.3 is 0 Å². The first-order valence-corrected chi connectivity index (χ1v) is 10.2. The number of para-hydroxylation sites is 1. The van der Waals surface area contributed by atoms with Gasteiger partial charge in [-0.2, -0.15) is 0 Å². The Bertz CT molecular complexity index is 994. The van der Waals surface area contributed by atoms with Gasteiger partial charge in [-0.05, 0) is 53.5 Å². The van der Waals surface area contributed by atoms with Gasteiger partial charge in [-0.25, -0.2) is 5.43 Å². The molecule has 0 spiro atoms. The molecule has 29 heavy (non-hydrogen) atoms. The highest BCUT2D eigenvalue weighted by Crippen LogP contribution is 2.29. The molecule has 148 valence electrons. The van der Waals surface area contributed by atoms with Crippen molar-refractivity contribution in [3.05, 3.63) is 106 Å². The van der Waals surface area contributed by atoms with Gasteiger partial charge in [-0.15, -0.1) is 0 Å². The van der Waals surface area contributed by atoms with E-state index in [0.29, 0.717) is 18.2 Å². The molecule has 0 fully saturated rings. The Balaban J connectivity index is 1.50. The van der Waals surface area contributed by atoms with E-state index in [9.17, 15) is 0 Å². The lowest BCUT2D eigenvalue weighted by Crippen LogP contribution is -2.38. The van der Waals surface area contributed by atoms with Crippen molar-refractivity contribution in [2.45, 2.75) is 19.1 Å². The quantitative estimate of drug-likeness (QED) is 0.547. The van der Waals surface area contributed by atoms with Crippen molar-refractivity contribution < 1.29 is 4.74 Å². The van der Waals surface area contributed by atoms with Crippen LogP contribution in [0.15, 0.2) is 84.8 Å². The highest BCUT2D eigenvalue weighted by Gasteiger charge is 2.26. The van der Waals surface area contributed by atoms with Crippen LogP contribution in [0, 0.1) is 0 Å². The fraction of sp³-hybridized carbons (Fsp3) is 0.174. The van der Waals surface area contributed by atoms with Crippen molar-refractivity contribution in [3.63, 3.8) is 0 Å². The van der Waals surface area contributed by atoms with Crippen LogP contribution in [0.5, 0.6) is 0 Å². The molecular weight excluding hydrogens is 405 g/mol. The number of ether oxygens (including phenoxy) is 1. The first kappa shape index (κ1) is 19.9. The van der Waals surface area contributed by atoms with Crippen molar-refractivity contribution in [1.82, 2.24) is 10.4 Å². The maximum absolute atomic E-state index is 6.40. The highest BCUT2D eigenvalue weighted by molar-refractivity contribution is 6.33. The minimum absolute atomic E-state index is 0.0971. The summed E-state index contributed by atoms with van der Waals surface area (Å²) in [5.74, 6) is 0. The number of anilines is 1. The van der Waals surface area contributed by atoms with Crippen LogP contribution in [0.3, 0.4) is 0 Å². The lowest BCUT2D eigenvalue weighted by Gasteiger charge is -2.21. The molecule has 4 rings (SSSR count). The van der Waals surface area contributed by atoms with Crippen LogP contribution in [-0.2, 0) is 17.8 Å². The van der Waals surface area contributed by atoms with Gasteiger partial charge in [0.15, 0.2) is 0 Å². The minimum Gasteiger partial charge on any atom is -0.372 e. The summed E-state index contributed by atoms with van der Waals surface area (Å²) in [5.41, 5.74) is 7.78. The summed E-state index contributed by atoms with van der Waals surface area (Å²) < 4.78 is 6.00. The van der Waals surface area contributed by atoms with Crippen LogP contribution in [0.2, 0.25) is 10.0 Å². The number of hydrogen-bond acceptors (Lipinski definition) is 4.